The molecule has 1 aromatic heterocycles. The van der Waals surface area contributed by atoms with Crippen LogP contribution in [0.4, 0.5) is 5.13 Å². The highest BCUT2D eigenvalue weighted by Gasteiger charge is 2.13. The van der Waals surface area contributed by atoms with Crippen LogP contribution >= 0.6 is 11.3 Å². The van der Waals surface area contributed by atoms with Crippen molar-refractivity contribution in [1.82, 2.24) is 4.98 Å². The van der Waals surface area contributed by atoms with Crippen LogP contribution in [0.5, 0.6) is 0 Å². The van der Waals surface area contributed by atoms with E-state index in [-0.39, 0.29) is 9.34 Å². The summed E-state index contributed by atoms with van der Waals surface area (Å²) in [7, 11) is -4.18. The van der Waals surface area contributed by atoms with Gasteiger partial charge in [0.05, 0.1) is 6.20 Å². The first-order chi connectivity index (χ1) is 5.04. The number of rotatable bonds is 2. The van der Waals surface area contributed by atoms with E-state index in [1.165, 1.54) is 0 Å². The number of hydrogen-bond acceptors (Lipinski definition) is 6. The third-order valence-corrected chi connectivity index (χ3v) is 3.00. The van der Waals surface area contributed by atoms with Crippen LogP contribution in [0.15, 0.2) is 15.5 Å². The Morgan fingerprint density at radius 3 is 2.64 bits per heavy atom. The van der Waals surface area contributed by atoms with Crippen LogP contribution in [0.25, 0.3) is 0 Å². The molecule has 60 valence electrons. The number of hydrogen-bond donors (Lipinski definition) is 2. The molecule has 0 spiro atoms. The van der Waals surface area contributed by atoms with Crippen molar-refractivity contribution >= 4 is 26.6 Å². The third-order valence-electron chi connectivity index (χ3n) is 0.822. The van der Waals surface area contributed by atoms with Gasteiger partial charge in [-0.15, -0.1) is 5.11 Å². The molecule has 0 unspecified atom stereocenters. The molecule has 1 rings (SSSR count). The minimum absolute atomic E-state index is 0.00220. The Kier molecular flexibility index (Phi) is 1.98. The Balaban J connectivity index is 3.18. The normalized spacial score (nSPS) is 11.4. The SMILES string of the molecule is N=Nc1ncc(S(=O)(=O)O)s1. The van der Waals surface area contributed by atoms with E-state index in [0.717, 1.165) is 6.20 Å². The Morgan fingerprint density at radius 2 is 2.36 bits per heavy atom. The van der Waals surface area contributed by atoms with Gasteiger partial charge < -0.3 is 0 Å². The van der Waals surface area contributed by atoms with Crippen molar-refractivity contribution in [3.63, 3.8) is 0 Å². The van der Waals surface area contributed by atoms with Crippen molar-refractivity contribution in [2.75, 3.05) is 0 Å². The fourth-order valence-electron chi connectivity index (χ4n) is 0.422. The van der Waals surface area contributed by atoms with Crippen LogP contribution in [-0.2, 0) is 10.1 Å². The number of thiazole rings is 1. The molecule has 0 aliphatic carbocycles. The van der Waals surface area contributed by atoms with E-state index >= 15 is 0 Å². The van der Waals surface area contributed by atoms with Gasteiger partial charge in [-0.05, 0) is 0 Å². The lowest BCUT2D eigenvalue weighted by atomic mass is 11.0. The Morgan fingerprint density at radius 1 is 1.73 bits per heavy atom. The molecule has 0 fully saturated rings. The summed E-state index contributed by atoms with van der Waals surface area (Å²) < 4.78 is 28.9. The molecule has 11 heavy (non-hydrogen) atoms. The fourth-order valence-corrected chi connectivity index (χ4v) is 1.69. The van der Waals surface area contributed by atoms with Gasteiger partial charge in [0.1, 0.15) is 0 Å². The standard InChI is InChI=1S/C3H3N3O3S2/c4-6-3-5-1-2(10-3)11(7,8)9/h1,4H,(H,7,8,9). The molecule has 0 atom stereocenters. The maximum Gasteiger partial charge on any atom is 0.305 e. The van der Waals surface area contributed by atoms with Crippen LogP contribution in [0, 0.1) is 5.53 Å². The molecule has 0 bridgehead atoms. The molecule has 0 radical (unpaired) electrons. The zero-order valence-corrected chi connectivity index (χ0v) is 6.68. The maximum absolute atomic E-state index is 10.4. The second-order valence-corrected chi connectivity index (χ2v) is 4.21. The highest BCUT2D eigenvalue weighted by atomic mass is 32.3. The zero-order valence-electron chi connectivity index (χ0n) is 5.05. The molecular weight excluding hydrogens is 190 g/mol. The Labute approximate surface area is 66.2 Å². The van der Waals surface area contributed by atoms with Gasteiger partial charge in [0.25, 0.3) is 0 Å². The first-order valence-corrected chi connectivity index (χ1v) is 4.60. The van der Waals surface area contributed by atoms with E-state index in [0.29, 0.717) is 11.3 Å². The van der Waals surface area contributed by atoms with Crippen LogP contribution in [0.2, 0.25) is 0 Å². The molecule has 6 nitrogen and oxygen atoms in total. The van der Waals surface area contributed by atoms with E-state index in [1.807, 2.05) is 0 Å². The summed E-state index contributed by atoms with van der Waals surface area (Å²) in [4.78, 5) is 3.43. The fraction of sp³-hybridized carbons (Fsp3) is 0. The van der Waals surface area contributed by atoms with Gasteiger partial charge in [0.15, 0.2) is 4.21 Å². The molecule has 0 aliphatic rings. The Bertz CT molecular complexity index is 367. The highest BCUT2D eigenvalue weighted by Crippen LogP contribution is 2.23. The van der Waals surface area contributed by atoms with Gasteiger partial charge >= 0.3 is 10.1 Å². The molecule has 0 saturated heterocycles. The van der Waals surface area contributed by atoms with E-state index in [1.54, 1.807) is 0 Å². The molecule has 8 heteroatoms. The van der Waals surface area contributed by atoms with E-state index in [9.17, 15) is 8.42 Å². The smallest absolute Gasteiger partial charge is 0.281 e. The lowest BCUT2D eigenvalue weighted by Crippen LogP contribution is -1.93. The molecular formula is C3H3N3O3S2. The molecule has 0 aliphatic heterocycles. The van der Waals surface area contributed by atoms with Crippen molar-refractivity contribution in [3.8, 4) is 0 Å². The predicted octanol–water partition coefficient (Wildman–Crippen LogP) is 1.05. The topological polar surface area (TPSA) is 103 Å². The minimum Gasteiger partial charge on any atom is -0.281 e. The summed E-state index contributed by atoms with van der Waals surface area (Å²) in [5, 5.41) is 2.88. The average molecular weight is 193 g/mol. The third kappa shape index (κ3) is 1.79. The lowest BCUT2D eigenvalue weighted by molar-refractivity contribution is 0.485. The van der Waals surface area contributed by atoms with Crippen molar-refractivity contribution in [2.45, 2.75) is 4.21 Å². The van der Waals surface area contributed by atoms with Crippen molar-refractivity contribution in [2.24, 2.45) is 5.11 Å². The van der Waals surface area contributed by atoms with Crippen molar-refractivity contribution in [3.05, 3.63) is 6.20 Å². The maximum atomic E-state index is 10.4. The molecule has 2 N–H and O–H groups in total. The number of nitrogens with one attached hydrogen (secondary N) is 1. The van der Waals surface area contributed by atoms with Crippen LogP contribution in [0.3, 0.4) is 0 Å². The summed E-state index contributed by atoms with van der Waals surface area (Å²) in [6.45, 7) is 0. The summed E-state index contributed by atoms with van der Waals surface area (Å²) in [6, 6.07) is 0. The second-order valence-electron chi connectivity index (χ2n) is 1.55. The van der Waals surface area contributed by atoms with Gasteiger partial charge in [-0.1, -0.05) is 11.3 Å². The molecule has 0 aromatic carbocycles. The minimum atomic E-state index is -4.18. The van der Waals surface area contributed by atoms with Gasteiger partial charge in [-0.2, -0.15) is 8.42 Å². The van der Waals surface area contributed by atoms with Gasteiger partial charge in [-0.25, -0.2) is 10.5 Å². The first-order valence-electron chi connectivity index (χ1n) is 2.35. The average Bonchev–Trinajstić information content (AvgIpc) is 2.32. The first kappa shape index (κ1) is 8.24. The van der Waals surface area contributed by atoms with Crippen molar-refractivity contribution in [1.29, 1.82) is 5.53 Å². The largest absolute Gasteiger partial charge is 0.305 e. The van der Waals surface area contributed by atoms with Gasteiger partial charge in [0.2, 0.25) is 5.13 Å². The summed E-state index contributed by atoms with van der Waals surface area (Å²) in [6.07, 6.45) is 0.952. The summed E-state index contributed by atoms with van der Waals surface area (Å²) in [5.74, 6) is 0. The molecule has 1 heterocycles. The van der Waals surface area contributed by atoms with Gasteiger partial charge in [0, 0.05) is 0 Å². The van der Waals surface area contributed by atoms with Crippen LogP contribution in [-0.4, -0.2) is 18.0 Å². The number of aromatic nitrogens is 1. The second kappa shape index (κ2) is 2.64. The highest BCUT2D eigenvalue weighted by molar-refractivity contribution is 7.88. The Hall–Kier alpha value is -0.860. The monoisotopic (exact) mass is 193 g/mol. The van der Waals surface area contributed by atoms with Gasteiger partial charge in [-0.3, -0.25) is 4.55 Å². The molecule has 0 amide bonds. The van der Waals surface area contributed by atoms with E-state index in [2.05, 4.69) is 10.1 Å². The number of nitrogens with zero attached hydrogens (tertiary/aromatic N) is 2. The summed E-state index contributed by atoms with van der Waals surface area (Å²) >= 11 is 0.637. The summed E-state index contributed by atoms with van der Waals surface area (Å²) in [5.41, 5.74) is 6.46. The quantitative estimate of drug-likeness (QED) is 0.541. The van der Waals surface area contributed by atoms with Crippen molar-refractivity contribution < 1.29 is 13.0 Å². The zero-order chi connectivity index (χ0) is 8.48. The lowest BCUT2D eigenvalue weighted by Gasteiger charge is -1.83. The predicted molar refractivity (Wildman–Crippen MR) is 36.7 cm³/mol. The van der Waals surface area contributed by atoms with Crippen LogP contribution < -0.4 is 0 Å². The molecule has 1 aromatic rings. The van der Waals surface area contributed by atoms with E-state index in [4.69, 9.17) is 10.1 Å². The van der Waals surface area contributed by atoms with Crippen LogP contribution in [0.1, 0.15) is 0 Å². The molecule has 0 saturated carbocycles. The van der Waals surface area contributed by atoms with E-state index < -0.39 is 10.1 Å².